The lowest BCUT2D eigenvalue weighted by Crippen LogP contribution is -2.44. The quantitative estimate of drug-likeness (QED) is 0.232. The summed E-state index contributed by atoms with van der Waals surface area (Å²) in [6.45, 7) is 10.3. The number of nitrogens with one attached hydrogen (secondary N) is 3. The molecule has 0 spiro atoms. The van der Waals surface area contributed by atoms with Crippen molar-refractivity contribution in [2.75, 3.05) is 5.32 Å². The third kappa shape index (κ3) is 6.70. The molecule has 0 aliphatic rings. The van der Waals surface area contributed by atoms with Crippen molar-refractivity contribution in [3.8, 4) is 11.5 Å². The Bertz CT molecular complexity index is 1720. The maximum absolute atomic E-state index is 13.4. The Morgan fingerprint density at radius 2 is 1.79 bits per heavy atom. The molecule has 0 radical (unpaired) electrons. The molecule has 0 aliphatic carbocycles. The van der Waals surface area contributed by atoms with Crippen LogP contribution in [-0.4, -0.2) is 27.6 Å². The second-order valence-corrected chi connectivity index (χ2v) is 10.7. The molecule has 0 fully saturated rings. The van der Waals surface area contributed by atoms with Crippen LogP contribution < -0.4 is 21.6 Å². The number of amides is 2. The van der Waals surface area contributed by atoms with Gasteiger partial charge in [-0.15, -0.1) is 0 Å². The van der Waals surface area contributed by atoms with Gasteiger partial charge in [-0.05, 0) is 77.4 Å². The molecule has 2 amide bonds. The third-order valence-electron chi connectivity index (χ3n) is 6.16. The largest absolute Gasteiger partial charge is 0.454 e. The first-order chi connectivity index (χ1) is 19.7. The number of fused-ring (bicyclic) bond motifs is 1. The molecule has 0 saturated carbocycles. The number of hydrazine groups is 1. The van der Waals surface area contributed by atoms with Crippen LogP contribution in [0, 0.1) is 13.8 Å². The van der Waals surface area contributed by atoms with Crippen LogP contribution in [0.3, 0.4) is 0 Å². The molecule has 3 N–H and O–H groups in total. The highest BCUT2D eigenvalue weighted by molar-refractivity contribution is 5.98. The number of aryl methyl sites for hydroxylation is 1. The van der Waals surface area contributed by atoms with Crippen molar-refractivity contribution in [3.05, 3.63) is 87.0 Å². The molecule has 220 valence electrons. The summed E-state index contributed by atoms with van der Waals surface area (Å²) in [5, 5.41) is 3.54. The first kappa shape index (κ1) is 30.1. The number of anilines is 1. The Labute approximate surface area is 240 Å². The number of carbonyl (C=O) groups is 2. The van der Waals surface area contributed by atoms with Crippen molar-refractivity contribution in [3.63, 3.8) is 0 Å². The Kier molecular flexibility index (Phi) is 8.55. The number of ether oxygens (including phenoxy) is 1. The van der Waals surface area contributed by atoms with Crippen LogP contribution in [0.2, 0.25) is 0 Å². The fourth-order valence-corrected chi connectivity index (χ4v) is 4.32. The molecular weight excluding hydrogens is 548 g/mol. The number of rotatable bonds is 6. The van der Waals surface area contributed by atoms with E-state index in [0.717, 1.165) is 5.56 Å². The topological polar surface area (TPSA) is 135 Å². The van der Waals surface area contributed by atoms with Gasteiger partial charge in [0, 0.05) is 17.3 Å². The average Bonchev–Trinajstić information content (AvgIpc) is 2.93. The van der Waals surface area contributed by atoms with Gasteiger partial charge in [-0.25, -0.2) is 29.0 Å². The predicted molar refractivity (Wildman–Crippen MR) is 153 cm³/mol. The molecule has 4 rings (SSSR count). The van der Waals surface area contributed by atoms with Gasteiger partial charge in [-0.3, -0.25) is 15.0 Å². The lowest BCUT2D eigenvalue weighted by molar-refractivity contribution is 0.0483. The van der Waals surface area contributed by atoms with Crippen molar-refractivity contribution < 1.29 is 27.5 Å². The molecule has 12 heteroatoms. The molecule has 3 aromatic heterocycles. The minimum absolute atomic E-state index is 0.0108. The second-order valence-electron chi connectivity index (χ2n) is 10.7. The zero-order valence-electron chi connectivity index (χ0n) is 24.0. The van der Waals surface area contributed by atoms with Crippen LogP contribution in [0.1, 0.15) is 73.0 Å². The number of alkyl halides is 2. The van der Waals surface area contributed by atoms with E-state index < -0.39 is 35.8 Å². The first-order valence-corrected chi connectivity index (χ1v) is 13.1. The first-order valence-electron chi connectivity index (χ1n) is 13.1. The Hall–Kier alpha value is -4.87. The summed E-state index contributed by atoms with van der Waals surface area (Å²) in [6.07, 6.45) is -2.20. The van der Waals surface area contributed by atoms with E-state index in [2.05, 4.69) is 26.1 Å². The van der Waals surface area contributed by atoms with Crippen molar-refractivity contribution in [1.29, 1.82) is 0 Å². The molecule has 0 aliphatic heterocycles. The minimum atomic E-state index is -2.79. The lowest BCUT2D eigenvalue weighted by atomic mass is 9.99. The van der Waals surface area contributed by atoms with Crippen LogP contribution in [0.15, 0.2) is 57.9 Å². The van der Waals surface area contributed by atoms with E-state index in [0.29, 0.717) is 16.6 Å². The van der Waals surface area contributed by atoms with E-state index >= 15 is 0 Å². The predicted octanol–water partition coefficient (Wildman–Crippen LogP) is 6.15. The SMILES string of the molecule is Cc1cc([C@@H](C)Nc2cccnc2C(=O)NNC(=O)OC(C)(C)C)c2oc(-c3cccc(C(F)F)n3)c(C)c(=O)c2c1. The van der Waals surface area contributed by atoms with Crippen LogP contribution in [0.5, 0.6) is 0 Å². The standard InChI is InChI=1S/C30H31F2N5O5/c1-15-13-18(17(3)34-20-11-8-12-33-23(20)28(39)36-37-29(40)42-30(4,5)6)26-19(14-15)24(38)16(2)25(41-26)21-9-7-10-22(35-21)27(31)32/h7-14,17,27,34H,1-6H3,(H,36,39)(H,37,40)/t17-/m1/s1. The highest BCUT2D eigenvalue weighted by Gasteiger charge is 2.23. The summed E-state index contributed by atoms with van der Waals surface area (Å²) in [5.41, 5.74) is 5.26. The smallest absolute Gasteiger partial charge is 0.426 e. The summed E-state index contributed by atoms with van der Waals surface area (Å²) in [6, 6.07) is 10.4. The fourth-order valence-electron chi connectivity index (χ4n) is 4.32. The van der Waals surface area contributed by atoms with Crippen molar-refractivity contribution in [2.45, 2.75) is 59.6 Å². The van der Waals surface area contributed by atoms with E-state index in [1.165, 1.54) is 24.4 Å². The molecule has 0 saturated heterocycles. The Morgan fingerprint density at radius 1 is 1.05 bits per heavy atom. The van der Waals surface area contributed by atoms with Gasteiger partial charge in [-0.2, -0.15) is 0 Å². The number of hydrogen-bond donors (Lipinski definition) is 3. The van der Waals surface area contributed by atoms with Gasteiger partial charge < -0.3 is 14.5 Å². The molecule has 1 aromatic carbocycles. The number of halogens is 2. The van der Waals surface area contributed by atoms with E-state index in [4.69, 9.17) is 9.15 Å². The molecule has 42 heavy (non-hydrogen) atoms. The minimum Gasteiger partial charge on any atom is -0.454 e. The maximum Gasteiger partial charge on any atom is 0.426 e. The number of carbonyl (C=O) groups excluding carboxylic acids is 2. The second kappa shape index (κ2) is 11.9. The van der Waals surface area contributed by atoms with Crippen LogP contribution in [-0.2, 0) is 4.74 Å². The van der Waals surface area contributed by atoms with E-state index in [9.17, 15) is 23.2 Å². The van der Waals surface area contributed by atoms with Crippen molar-refractivity contribution in [2.24, 2.45) is 0 Å². The number of hydrogen-bond acceptors (Lipinski definition) is 8. The molecule has 0 unspecified atom stereocenters. The lowest BCUT2D eigenvalue weighted by Gasteiger charge is -2.21. The molecule has 1 atom stereocenters. The monoisotopic (exact) mass is 579 g/mol. The van der Waals surface area contributed by atoms with Gasteiger partial charge in [0.05, 0.1) is 17.1 Å². The third-order valence-corrected chi connectivity index (χ3v) is 6.16. The van der Waals surface area contributed by atoms with Crippen molar-refractivity contribution >= 4 is 28.7 Å². The van der Waals surface area contributed by atoms with Gasteiger partial charge in [0.2, 0.25) is 0 Å². The highest BCUT2D eigenvalue weighted by Crippen LogP contribution is 2.32. The molecular formula is C30H31F2N5O5. The van der Waals surface area contributed by atoms with E-state index in [1.807, 2.05) is 13.0 Å². The number of aromatic nitrogens is 2. The van der Waals surface area contributed by atoms with Gasteiger partial charge in [0.1, 0.15) is 22.6 Å². The van der Waals surface area contributed by atoms with E-state index in [-0.39, 0.29) is 33.7 Å². The highest BCUT2D eigenvalue weighted by atomic mass is 19.3. The van der Waals surface area contributed by atoms with Gasteiger partial charge >= 0.3 is 6.09 Å². The van der Waals surface area contributed by atoms with Crippen LogP contribution >= 0.6 is 0 Å². The number of benzene rings is 1. The zero-order chi connectivity index (χ0) is 30.8. The van der Waals surface area contributed by atoms with Crippen LogP contribution in [0.4, 0.5) is 19.3 Å². The van der Waals surface area contributed by atoms with Gasteiger partial charge in [0.15, 0.2) is 16.9 Å². The summed E-state index contributed by atoms with van der Waals surface area (Å²) in [7, 11) is 0. The van der Waals surface area contributed by atoms with Crippen LogP contribution in [0.25, 0.3) is 22.4 Å². The summed E-state index contributed by atoms with van der Waals surface area (Å²) >= 11 is 0. The Morgan fingerprint density at radius 3 is 2.48 bits per heavy atom. The molecule has 0 bridgehead atoms. The normalized spacial score (nSPS) is 12.2. The van der Waals surface area contributed by atoms with Gasteiger partial charge in [0.25, 0.3) is 12.3 Å². The summed E-state index contributed by atoms with van der Waals surface area (Å²) in [4.78, 5) is 46.4. The van der Waals surface area contributed by atoms with E-state index in [1.54, 1.807) is 52.8 Å². The Balaban J connectivity index is 1.70. The number of nitrogens with zero attached hydrogens (tertiary/aromatic N) is 2. The summed E-state index contributed by atoms with van der Waals surface area (Å²) < 4.78 is 38.0. The van der Waals surface area contributed by atoms with Gasteiger partial charge in [-0.1, -0.05) is 12.1 Å². The average molecular weight is 580 g/mol. The molecule has 4 aromatic rings. The maximum atomic E-state index is 13.4. The number of pyridine rings is 2. The van der Waals surface area contributed by atoms with Crippen molar-refractivity contribution in [1.82, 2.24) is 20.8 Å². The molecule has 10 nitrogen and oxygen atoms in total. The zero-order valence-corrected chi connectivity index (χ0v) is 24.0. The fraction of sp³-hybridized carbons (Fsp3) is 0.300. The summed E-state index contributed by atoms with van der Waals surface area (Å²) in [5.74, 6) is -0.610. The molecule has 3 heterocycles.